The fourth-order valence-corrected chi connectivity index (χ4v) is 6.16. The summed E-state index contributed by atoms with van der Waals surface area (Å²) in [5.74, 6) is 5.80. The Morgan fingerprint density at radius 2 is 1.68 bits per heavy atom. The van der Waals surface area contributed by atoms with E-state index in [2.05, 4.69) is 0 Å². The number of aliphatic hydroxyl groups is 1. The van der Waals surface area contributed by atoms with Crippen molar-refractivity contribution < 1.29 is 9.84 Å². The van der Waals surface area contributed by atoms with E-state index in [1.807, 2.05) is 0 Å². The largest absolute Gasteiger partial charge is 0.496 e. The molecule has 0 aromatic rings. The lowest BCUT2D eigenvalue weighted by atomic mass is 9.53. The van der Waals surface area contributed by atoms with Gasteiger partial charge in [-0.15, -0.1) is 11.6 Å². The van der Waals surface area contributed by atoms with Crippen LogP contribution in [0.3, 0.4) is 0 Å². The lowest BCUT2D eigenvalue weighted by Gasteiger charge is -2.52. The number of hydrogen-bond acceptors (Lipinski definition) is 2. The zero-order chi connectivity index (χ0) is 15.1. The first kappa shape index (κ1) is 15.3. The first-order chi connectivity index (χ1) is 10.7. The lowest BCUT2D eigenvalue weighted by Crippen LogP contribution is -2.42. The predicted molar refractivity (Wildman–Crippen MR) is 88.7 cm³/mol. The molecule has 3 heteroatoms. The molecule has 0 heterocycles. The molecule has 22 heavy (non-hydrogen) atoms. The Bertz CT molecular complexity index is 415. The van der Waals surface area contributed by atoms with Gasteiger partial charge in [-0.1, -0.05) is 6.42 Å². The molecule has 0 spiro atoms. The Balaban J connectivity index is 1.63. The van der Waals surface area contributed by atoms with Crippen LogP contribution in [0.5, 0.6) is 0 Å². The van der Waals surface area contributed by atoms with E-state index < -0.39 is 0 Å². The molecule has 5 fully saturated rings. The predicted octanol–water partition coefficient (Wildman–Crippen LogP) is 4.50. The van der Waals surface area contributed by atoms with Crippen LogP contribution in [-0.2, 0) is 4.74 Å². The number of aliphatic hydroxyl groups excluding tert-OH is 1. The van der Waals surface area contributed by atoms with E-state index in [1.54, 1.807) is 5.57 Å². The highest BCUT2D eigenvalue weighted by Crippen LogP contribution is 2.58. The van der Waals surface area contributed by atoms with Gasteiger partial charge < -0.3 is 9.84 Å². The summed E-state index contributed by atoms with van der Waals surface area (Å²) in [5, 5.41) is 10.1. The average molecular weight is 325 g/mol. The van der Waals surface area contributed by atoms with Crippen LogP contribution in [-0.4, -0.2) is 23.7 Å². The summed E-state index contributed by atoms with van der Waals surface area (Å²) < 4.78 is 6.24. The molecule has 0 saturated heterocycles. The van der Waals surface area contributed by atoms with Gasteiger partial charge in [0.05, 0.1) is 17.7 Å². The van der Waals surface area contributed by atoms with Gasteiger partial charge in [-0.3, -0.25) is 0 Å². The van der Waals surface area contributed by atoms with Gasteiger partial charge in [-0.2, -0.15) is 0 Å². The summed E-state index contributed by atoms with van der Waals surface area (Å²) in [6, 6.07) is 0. The fraction of sp³-hybridized carbons (Fsp3) is 0.895. The summed E-state index contributed by atoms with van der Waals surface area (Å²) in [7, 11) is 0. The molecule has 0 aromatic heterocycles. The Morgan fingerprint density at radius 1 is 1.00 bits per heavy atom. The first-order valence-electron chi connectivity index (χ1n) is 9.35. The number of allylic oxidation sites excluding steroid dienone is 2. The quantitative estimate of drug-likeness (QED) is 0.609. The van der Waals surface area contributed by atoms with Crippen molar-refractivity contribution in [2.45, 2.75) is 63.9 Å². The zero-order valence-corrected chi connectivity index (χ0v) is 14.2. The van der Waals surface area contributed by atoms with Crippen LogP contribution in [0.2, 0.25) is 0 Å². The fourth-order valence-electron chi connectivity index (χ4n) is 6.08. The van der Waals surface area contributed by atoms with Crippen LogP contribution in [0.25, 0.3) is 0 Å². The minimum absolute atomic E-state index is 0.134. The van der Waals surface area contributed by atoms with Crippen molar-refractivity contribution in [1.82, 2.24) is 0 Å². The van der Waals surface area contributed by atoms with Crippen molar-refractivity contribution in [3.05, 3.63) is 11.3 Å². The highest BCUT2D eigenvalue weighted by Gasteiger charge is 2.47. The van der Waals surface area contributed by atoms with E-state index in [0.29, 0.717) is 18.4 Å². The Labute approximate surface area is 139 Å². The second-order valence-corrected chi connectivity index (χ2v) is 8.56. The molecule has 2 nitrogen and oxygen atoms in total. The van der Waals surface area contributed by atoms with Gasteiger partial charge in [0.1, 0.15) is 6.61 Å². The lowest BCUT2D eigenvalue weighted by molar-refractivity contribution is 0.0453. The highest BCUT2D eigenvalue weighted by atomic mass is 35.5. The molecule has 5 saturated carbocycles. The SMILES string of the molecule is OC1CCCC(C(OCCCl)=C2C3CC4CC(C3)CC2C4)C1. The van der Waals surface area contributed by atoms with Crippen molar-refractivity contribution in [3.8, 4) is 0 Å². The molecule has 0 aromatic carbocycles. The maximum Gasteiger partial charge on any atom is 0.101 e. The summed E-state index contributed by atoms with van der Waals surface area (Å²) in [4.78, 5) is 0. The molecule has 0 aliphatic heterocycles. The monoisotopic (exact) mass is 324 g/mol. The van der Waals surface area contributed by atoms with Gasteiger partial charge in [-0.05, 0) is 80.6 Å². The van der Waals surface area contributed by atoms with Crippen molar-refractivity contribution in [3.63, 3.8) is 0 Å². The summed E-state index contributed by atoms with van der Waals surface area (Å²) in [5.41, 5.74) is 1.66. The van der Waals surface area contributed by atoms with Crippen LogP contribution in [0, 0.1) is 29.6 Å². The minimum Gasteiger partial charge on any atom is -0.496 e. The van der Waals surface area contributed by atoms with Crippen LogP contribution in [0.4, 0.5) is 0 Å². The Hall–Kier alpha value is -0.210. The number of hydrogen-bond donors (Lipinski definition) is 1. The van der Waals surface area contributed by atoms with E-state index in [4.69, 9.17) is 16.3 Å². The van der Waals surface area contributed by atoms with E-state index in [1.165, 1.54) is 44.3 Å². The van der Waals surface area contributed by atoms with E-state index in [9.17, 15) is 5.11 Å². The number of alkyl halides is 1. The zero-order valence-electron chi connectivity index (χ0n) is 13.5. The number of halogens is 1. The summed E-state index contributed by atoms with van der Waals surface area (Å²) >= 11 is 5.91. The van der Waals surface area contributed by atoms with E-state index >= 15 is 0 Å². The molecule has 1 N–H and O–H groups in total. The smallest absolute Gasteiger partial charge is 0.101 e. The normalized spacial score (nSPS) is 43.5. The number of rotatable bonds is 4. The second kappa shape index (κ2) is 6.36. The first-order valence-corrected chi connectivity index (χ1v) is 9.88. The molecule has 0 amide bonds. The van der Waals surface area contributed by atoms with E-state index in [0.717, 1.165) is 42.9 Å². The van der Waals surface area contributed by atoms with Crippen molar-refractivity contribution in [1.29, 1.82) is 0 Å². The molecule has 4 bridgehead atoms. The average Bonchev–Trinajstić information content (AvgIpc) is 2.49. The molecule has 5 aliphatic carbocycles. The highest BCUT2D eigenvalue weighted by molar-refractivity contribution is 6.17. The maximum atomic E-state index is 10.1. The molecule has 2 unspecified atom stereocenters. The number of ether oxygens (including phenoxy) is 1. The third kappa shape index (κ3) is 2.82. The van der Waals surface area contributed by atoms with Gasteiger partial charge >= 0.3 is 0 Å². The second-order valence-electron chi connectivity index (χ2n) is 8.18. The van der Waals surface area contributed by atoms with Crippen molar-refractivity contribution in [2.75, 3.05) is 12.5 Å². The Kier molecular flexibility index (Phi) is 4.43. The van der Waals surface area contributed by atoms with Crippen LogP contribution >= 0.6 is 11.6 Å². The van der Waals surface area contributed by atoms with Crippen LogP contribution in [0.1, 0.15) is 57.8 Å². The van der Waals surface area contributed by atoms with Crippen LogP contribution in [0.15, 0.2) is 11.3 Å². The van der Waals surface area contributed by atoms with Gasteiger partial charge in [0.15, 0.2) is 0 Å². The van der Waals surface area contributed by atoms with Gasteiger partial charge in [0.2, 0.25) is 0 Å². The van der Waals surface area contributed by atoms with Crippen molar-refractivity contribution >= 4 is 11.6 Å². The van der Waals surface area contributed by atoms with Crippen molar-refractivity contribution in [2.24, 2.45) is 29.6 Å². The maximum absolute atomic E-state index is 10.1. The summed E-state index contributed by atoms with van der Waals surface area (Å²) in [6.45, 7) is 0.624. The molecule has 5 aliphatic rings. The third-order valence-electron chi connectivity index (χ3n) is 6.65. The van der Waals surface area contributed by atoms with Gasteiger partial charge in [0.25, 0.3) is 0 Å². The van der Waals surface area contributed by atoms with Gasteiger partial charge in [-0.25, -0.2) is 0 Å². The summed E-state index contributed by atoms with van der Waals surface area (Å²) in [6.07, 6.45) is 11.1. The third-order valence-corrected chi connectivity index (χ3v) is 6.81. The minimum atomic E-state index is -0.134. The molecule has 5 rings (SSSR count). The standard InChI is InChI=1S/C19H29ClO2/c20-4-5-22-19(14-2-1-3-17(21)11-14)18-15-7-12-6-13(9-15)10-16(18)8-12/h12-17,21H,1-11H2. The molecular formula is C19H29ClO2. The topological polar surface area (TPSA) is 29.5 Å². The molecular weight excluding hydrogens is 296 g/mol. The Morgan fingerprint density at radius 3 is 2.27 bits per heavy atom. The molecule has 124 valence electrons. The molecule has 2 atom stereocenters. The van der Waals surface area contributed by atoms with E-state index in [-0.39, 0.29) is 6.10 Å². The van der Waals surface area contributed by atoms with Gasteiger partial charge in [0, 0.05) is 5.92 Å². The van der Waals surface area contributed by atoms with Crippen LogP contribution < -0.4 is 0 Å². The molecule has 0 radical (unpaired) electrons.